The Morgan fingerprint density at radius 2 is 1.89 bits per heavy atom. The molecule has 0 aromatic rings. The van der Waals surface area contributed by atoms with E-state index >= 15 is 0 Å². The lowest BCUT2D eigenvalue weighted by molar-refractivity contribution is -0.134. The minimum Gasteiger partial charge on any atom is -0.381 e. The van der Waals surface area contributed by atoms with Gasteiger partial charge in [0.25, 0.3) is 0 Å². The second kappa shape index (κ2) is 6.71. The van der Waals surface area contributed by atoms with Crippen LogP contribution in [0.1, 0.15) is 46.0 Å². The highest BCUT2D eigenvalue weighted by Crippen LogP contribution is 2.28. The molecule has 1 unspecified atom stereocenters. The molecule has 0 saturated carbocycles. The zero-order valence-electron chi connectivity index (χ0n) is 12.4. The Balaban J connectivity index is 1.76. The van der Waals surface area contributed by atoms with Crippen LogP contribution >= 0.6 is 0 Å². The van der Waals surface area contributed by atoms with Crippen molar-refractivity contribution < 1.29 is 9.53 Å². The van der Waals surface area contributed by atoms with Crippen molar-refractivity contribution in [2.45, 2.75) is 52.0 Å². The molecule has 4 heteroatoms. The van der Waals surface area contributed by atoms with Crippen LogP contribution in [0.3, 0.4) is 0 Å². The minimum atomic E-state index is -0.0576. The van der Waals surface area contributed by atoms with Crippen molar-refractivity contribution in [3.8, 4) is 0 Å². The molecule has 2 rings (SSSR count). The summed E-state index contributed by atoms with van der Waals surface area (Å²) in [6.07, 6.45) is 5.76. The number of piperidine rings is 1. The number of carbonyl (C=O) groups is 1. The summed E-state index contributed by atoms with van der Waals surface area (Å²) in [7, 11) is 0. The fourth-order valence-corrected chi connectivity index (χ4v) is 2.92. The quantitative estimate of drug-likeness (QED) is 0.845. The molecule has 0 spiro atoms. The van der Waals surface area contributed by atoms with Crippen molar-refractivity contribution in [1.82, 2.24) is 10.2 Å². The van der Waals surface area contributed by atoms with Crippen LogP contribution in [0.4, 0.5) is 0 Å². The Labute approximate surface area is 116 Å². The second-order valence-electron chi connectivity index (χ2n) is 6.41. The van der Waals surface area contributed by atoms with Crippen LogP contribution in [0.5, 0.6) is 0 Å². The molecule has 0 aliphatic carbocycles. The molecule has 2 aliphatic rings. The molecule has 1 atom stereocenters. The van der Waals surface area contributed by atoms with E-state index in [0.717, 1.165) is 58.5 Å². The number of likely N-dealkylation sites (tertiary alicyclic amines) is 1. The summed E-state index contributed by atoms with van der Waals surface area (Å²) in [6.45, 7) is 8.79. The maximum atomic E-state index is 12.3. The van der Waals surface area contributed by atoms with Gasteiger partial charge < -0.3 is 15.0 Å². The van der Waals surface area contributed by atoms with E-state index < -0.39 is 0 Å². The first kappa shape index (κ1) is 14.8. The van der Waals surface area contributed by atoms with Gasteiger partial charge in [-0.1, -0.05) is 6.92 Å². The molecule has 2 fully saturated rings. The van der Waals surface area contributed by atoms with Gasteiger partial charge in [0.15, 0.2) is 0 Å². The number of nitrogens with one attached hydrogen (secondary N) is 1. The summed E-state index contributed by atoms with van der Waals surface area (Å²) in [6, 6.07) is -0.0576. The summed E-state index contributed by atoms with van der Waals surface area (Å²) < 4.78 is 5.41. The molecule has 0 radical (unpaired) electrons. The average molecular weight is 268 g/mol. The van der Waals surface area contributed by atoms with E-state index in [1.165, 1.54) is 6.42 Å². The number of ether oxygens (including phenoxy) is 1. The average Bonchev–Trinajstić information content (AvgIpc) is 2.46. The van der Waals surface area contributed by atoms with Crippen LogP contribution in [0, 0.1) is 5.41 Å². The number of carbonyl (C=O) groups excluding carboxylic acids is 1. The fourth-order valence-electron chi connectivity index (χ4n) is 2.92. The smallest absolute Gasteiger partial charge is 0.239 e. The Morgan fingerprint density at radius 3 is 2.53 bits per heavy atom. The third kappa shape index (κ3) is 4.18. The van der Waals surface area contributed by atoms with E-state index in [2.05, 4.69) is 12.2 Å². The zero-order chi connectivity index (χ0) is 13.7. The predicted octanol–water partition coefficient (Wildman–Crippen LogP) is 1.79. The van der Waals surface area contributed by atoms with E-state index in [1.807, 2.05) is 11.8 Å². The van der Waals surface area contributed by atoms with Crippen LogP contribution in [-0.4, -0.2) is 49.7 Å². The van der Waals surface area contributed by atoms with Crippen LogP contribution in [0.2, 0.25) is 0 Å². The molecule has 0 bridgehead atoms. The van der Waals surface area contributed by atoms with Gasteiger partial charge in [0.1, 0.15) is 0 Å². The molecular formula is C15H28N2O2. The fraction of sp³-hybridized carbons (Fsp3) is 0.933. The van der Waals surface area contributed by atoms with E-state index in [9.17, 15) is 4.79 Å². The lowest BCUT2D eigenvalue weighted by Crippen LogP contribution is -2.49. The Kier molecular flexibility index (Phi) is 5.22. The van der Waals surface area contributed by atoms with Gasteiger partial charge in [-0.25, -0.2) is 0 Å². The molecule has 2 heterocycles. The summed E-state index contributed by atoms with van der Waals surface area (Å²) in [5.41, 5.74) is 0.286. The molecule has 2 aliphatic heterocycles. The first-order chi connectivity index (χ1) is 9.11. The first-order valence-corrected chi connectivity index (χ1v) is 7.71. The number of nitrogens with zero attached hydrogens (tertiary/aromatic N) is 1. The summed E-state index contributed by atoms with van der Waals surface area (Å²) in [5.74, 6) is 0.273. The normalized spacial score (nSPS) is 25.1. The monoisotopic (exact) mass is 268 g/mol. The minimum absolute atomic E-state index is 0.0576. The van der Waals surface area contributed by atoms with Crippen LogP contribution in [-0.2, 0) is 9.53 Å². The summed E-state index contributed by atoms with van der Waals surface area (Å²) in [5, 5.41) is 3.44. The summed E-state index contributed by atoms with van der Waals surface area (Å²) >= 11 is 0. The Bertz CT molecular complexity index is 295. The lowest BCUT2D eigenvalue weighted by atomic mass is 9.82. The maximum Gasteiger partial charge on any atom is 0.239 e. The maximum absolute atomic E-state index is 12.3. The highest BCUT2D eigenvalue weighted by molar-refractivity contribution is 5.81. The second-order valence-corrected chi connectivity index (χ2v) is 6.41. The van der Waals surface area contributed by atoms with Gasteiger partial charge in [-0.3, -0.25) is 4.79 Å². The van der Waals surface area contributed by atoms with Gasteiger partial charge in [-0.2, -0.15) is 0 Å². The lowest BCUT2D eigenvalue weighted by Gasteiger charge is -2.35. The van der Waals surface area contributed by atoms with E-state index in [0.29, 0.717) is 0 Å². The van der Waals surface area contributed by atoms with Gasteiger partial charge in [0.2, 0.25) is 5.91 Å². The molecule has 1 amide bonds. The first-order valence-electron chi connectivity index (χ1n) is 7.71. The van der Waals surface area contributed by atoms with Crippen molar-refractivity contribution >= 4 is 5.91 Å². The van der Waals surface area contributed by atoms with Crippen LogP contribution < -0.4 is 5.32 Å². The van der Waals surface area contributed by atoms with E-state index in [4.69, 9.17) is 4.74 Å². The largest absolute Gasteiger partial charge is 0.381 e. The number of hydrogen-bond acceptors (Lipinski definition) is 3. The van der Waals surface area contributed by atoms with Gasteiger partial charge in [-0.05, 0) is 44.4 Å². The van der Waals surface area contributed by atoms with Gasteiger partial charge in [0, 0.05) is 32.8 Å². The van der Waals surface area contributed by atoms with Gasteiger partial charge in [-0.15, -0.1) is 0 Å². The van der Waals surface area contributed by atoms with Gasteiger partial charge >= 0.3 is 0 Å². The predicted molar refractivity (Wildman–Crippen MR) is 76.1 cm³/mol. The molecule has 0 aromatic carbocycles. The number of rotatable bonds is 4. The molecule has 2 saturated heterocycles. The van der Waals surface area contributed by atoms with E-state index in [1.54, 1.807) is 0 Å². The topological polar surface area (TPSA) is 41.6 Å². The van der Waals surface area contributed by atoms with Crippen molar-refractivity contribution in [3.63, 3.8) is 0 Å². The standard InChI is InChI=1S/C15H28N2O2/c1-13(14(18)17-8-4-3-5-9-17)16-12-15(2)6-10-19-11-7-15/h13,16H,3-12H2,1-2H3. The van der Waals surface area contributed by atoms with Crippen LogP contribution in [0.25, 0.3) is 0 Å². The van der Waals surface area contributed by atoms with Crippen molar-refractivity contribution in [2.75, 3.05) is 32.8 Å². The third-order valence-electron chi connectivity index (χ3n) is 4.57. The third-order valence-corrected chi connectivity index (χ3v) is 4.57. The molecular weight excluding hydrogens is 240 g/mol. The van der Waals surface area contributed by atoms with E-state index in [-0.39, 0.29) is 17.4 Å². The molecule has 19 heavy (non-hydrogen) atoms. The Morgan fingerprint density at radius 1 is 1.26 bits per heavy atom. The molecule has 110 valence electrons. The SMILES string of the molecule is CC(NCC1(C)CCOCC1)C(=O)N1CCCCC1. The van der Waals surface area contributed by atoms with Crippen molar-refractivity contribution in [3.05, 3.63) is 0 Å². The molecule has 0 aromatic heterocycles. The highest BCUT2D eigenvalue weighted by atomic mass is 16.5. The van der Waals surface area contributed by atoms with Crippen molar-refractivity contribution in [2.24, 2.45) is 5.41 Å². The zero-order valence-corrected chi connectivity index (χ0v) is 12.4. The van der Waals surface area contributed by atoms with Gasteiger partial charge in [0.05, 0.1) is 6.04 Å². The number of hydrogen-bond donors (Lipinski definition) is 1. The highest BCUT2D eigenvalue weighted by Gasteiger charge is 2.29. The molecule has 4 nitrogen and oxygen atoms in total. The number of amides is 1. The summed E-state index contributed by atoms with van der Waals surface area (Å²) in [4.78, 5) is 14.3. The Hall–Kier alpha value is -0.610. The molecule has 1 N–H and O–H groups in total. The van der Waals surface area contributed by atoms with Crippen LogP contribution in [0.15, 0.2) is 0 Å². The van der Waals surface area contributed by atoms with Crippen molar-refractivity contribution in [1.29, 1.82) is 0 Å².